The summed E-state index contributed by atoms with van der Waals surface area (Å²) in [6.07, 6.45) is 8.47. The van der Waals surface area contributed by atoms with Gasteiger partial charge in [0.25, 0.3) is 0 Å². The van der Waals surface area contributed by atoms with Crippen LogP contribution in [0.5, 0.6) is 0 Å². The van der Waals surface area contributed by atoms with Crippen molar-refractivity contribution in [3.05, 3.63) is 23.8 Å². The van der Waals surface area contributed by atoms with E-state index in [1.54, 1.807) is 0 Å². The highest BCUT2D eigenvalue weighted by Crippen LogP contribution is 2.47. The number of ether oxygens (including phenoxy) is 1. The zero-order valence-corrected chi connectivity index (χ0v) is 14.5. The molecule has 4 nitrogen and oxygen atoms in total. The first kappa shape index (κ1) is 19.3. The van der Waals surface area contributed by atoms with Crippen LogP contribution >= 0.6 is 0 Å². The van der Waals surface area contributed by atoms with Crippen LogP contribution in [0.4, 0.5) is 0 Å². The lowest BCUT2D eigenvalue weighted by molar-refractivity contribution is -0.136. The van der Waals surface area contributed by atoms with Gasteiger partial charge in [0.05, 0.1) is 7.11 Å². The molecule has 1 atom stereocenters. The summed E-state index contributed by atoms with van der Waals surface area (Å²) in [4.78, 5) is 33.6. The van der Waals surface area contributed by atoms with Crippen molar-refractivity contribution in [3.63, 3.8) is 0 Å². The predicted octanol–water partition coefficient (Wildman–Crippen LogP) is 3.80. The Labute approximate surface area is 139 Å². The Hall–Kier alpha value is -1.71. The standard InChI is InChI=1S/C19H28O4/c1-15(13-18(2,3)10-12-21)19(9-6-11-20)8-5-7-16(14-19)17(22)23-4/h11-12,14H,1,5-10,13H2,2-4H3. The van der Waals surface area contributed by atoms with E-state index in [0.717, 1.165) is 31.0 Å². The van der Waals surface area contributed by atoms with Crippen molar-refractivity contribution in [2.45, 2.75) is 58.8 Å². The van der Waals surface area contributed by atoms with E-state index in [0.29, 0.717) is 37.7 Å². The van der Waals surface area contributed by atoms with Crippen LogP contribution < -0.4 is 0 Å². The minimum Gasteiger partial charge on any atom is -0.466 e. The SMILES string of the molecule is C=C(CC(C)(C)CC=O)C1(CCC=O)C=C(C(=O)OC)CCC1. The average molecular weight is 320 g/mol. The van der Waals surface area contributed by atoms with Gasteiger partial charge < -0.3 is 14.3 Å². The average Bonchev–Trinajstić information content (AvgIpc) is 2.51. The van der Waals surface area contributed by atoms with Crippen LogP contribution in [0.25, 0.3) is 0 Å². The van der Waals surface area contributed by atoms with Gasteiger partial charge in [0.1, 0.15) is 12.6 Å². The Morgan fingerprint density at radius 3 is 2.65 bits per heavy atom. The maximum Gasteiger partial charge on any atom is 0.333 e. The Bertz CT molecular complexity index is 501. The zero-order valence-electron chi connectivity index (χ0n) is 14.5. The molecule has 0 spiro atoms. The molecule has 0 bridgehead atoms. The van der Waals surface area contributed by atoms with Crippen LogP contribution in [-0.2, 0) is 19.1 Å². The molecule has 1 unspecified atom stereocenters. The largest absolute Gasteiger partial charge is 0.466 e. The minimum atomic E-state index is -0.358. The third-order valence-electron chi connectivity index (χ3n) is 4.71. The van der Waals surface area contributed by atoms with Gasteiger partial charge in [-0.3, -0.25) is 0 Å². The van der Waals surface area contributed by atoms with Crippen LogP contribution in [0.15, 0.2) is 23.8 Å². The molecule has 0 amide bonds. The number of aldehydes is 2. The van der Waals surface area contributed by atoms with Gasteiger partial charge >= 0.3 is 5.97 Å². The molecular formula is C19H28O4. The summed E-state index contributed by atoms with van der Waals surface area (Å²) in [5.41, 5.74) is 1.12. The third kappa shape index (κ3) is 5.15. The maximum absolute atomic E-state index is 11.9. The van der Waals surface area contributed by atoms with E-state index < -0.39 is 0 Å². The Morgan fingerprint density at radius 2 is 2.09 bits per heavy atom. The molecule has 1 aliphatic rings. The highest BCUT2D eigenvalue weighted by molar-refractivity contribution is 5.88. The fraction of sp³-hybridized carbons (Fsp3) is 0.632. The highest BCUT2D eigenvalue weighted by Gasteiger charge is 2.36. The first-order valence-corrected chi connectivity index (χ1v) is 8.16. The van der Waals surface area contributed by atoms with E-state index in [1.807, 2.05) is 19.9 Å². The van der Waals surface area contributed by atoms with E-state index in [-0.39, 0.29) is 16.8 Å². The second-order valence-electron chi connectivity index (χ2n) is 7.19. The lowest BCUT2D eigenvalue weighted by Gasteiger charge is -2.39. The summed E-state index contributed by atoms with van der Waals surface area (Å²) in [6, 6.07) is 0. The molecule has 0 radical (unpaired) electrons. The molecule has 0 saturated heterocycles. The lowest BCUT2D eigenvalue weighted by Crippen LogP contribution is -2.29. The molecule has 1 rings (SSSR count). The number of hydrogen-bond donors (Lipinski definition) is 0. The molecule has 0 aromatic rings. The number of hydrogen-bond acceptors (Lipinski definition) is 4. The molecule has 0 aromatic heterocycles. The van der Waals surface area contributed by atoms with Gasteiger partial charge in [0.2, 0.25) is 0 Å². The Kier molecular flexibility index (Phi) is 6.92. The maximum atomic E-state index is 11.9. The van der Waals surface area contributed by atoms with Crippen molar-refractivity contribution < 1.29 is 19.1 Å². The van der Waals surface area contributed by atoms with Crippen molar-refractivity contribution in [3.8, 4) is 0 Å². The second kappa shape index (κ2) is 8.23. The van der Waals surface area contributed by atoms with Gasteiger partial charge in [0, 0.05) is 23.8 Å². The monoisotopic (exact) mass is 320 g/mol. The van der Waals surface area contributed by atoms with Gasteiger partial charge in [-0.15, -0.1) is 0 Å². The first-order chi connectivity index (χ1) is 10.8. The Morgan fingerprint density at radius 1 is 1.39 bits per heavy atom. The van der Waals surface area contributed by atoms with Crippen molar-refractivity contribution in [2.24, 2.45) is 10.8 Å². The zero-order chi connectivity index (χ0) is 17.5. The van der Waals surface area contributed by atoms with Crippen molar-refractivity contribution in [2.75, 3.05) is 7.11 Å². The number of carbonyl (C=O) groups is 3. The lowest BCUT2D eigenvalue weighted by atomic mass is 9.65. The molecule has 0 saturated carbocycles. The predicted molar refractivity (Wildman–Crippen MR) is 89.9 cm³/mol. The van der Waals surface area contributed by atoms with E-state index in [2.05, 4.69) is 6.58 Å². The molecule has 0 fully saturated rings. The normalized spacial score (nSPS) is 21.3. The molecule has 23 heavy (non-hydrogen) atoms. The number of methoxy groups -OCH3 is 1. The molecule has 0 heterocycles. The van der Waals surface area contributed by atoms with E-state index in [9.17, 15) is 14.4 Å². The van der Waals surface area contributed by atoms with Gasteiger partial charge in [0.15, 0.2) is 0 Å². The quantitative estimate of drug-likeness (QED) is 0.368. The topological polar surface area (TPSA) is 60.4 Å². The van der Waals surface area contributed by atoms with Gasteiger partial charge in [-0.25, -0.2) is 4.79 Å². The van der Waals surface area contributed by atoms with Gasteiger partial charge in [-0.05, 0) is 37.5 Å². The molecule has 0 N–H and O–H groups in total. The summed E-state index contributed by atoms with van der Waals surface area (Å²) in [5, 5.41) is 0. The molecule has 4 heteroatoms. The fourth-order valence-corrected chi connectivity index (χ4v) is 3.38. The fourth-order valence-electron chi connectivity index (χ4n) is 3.38. The molecular weight excluding hydrogens is 292 g/mol. The van der Waals surface area contributed by atoms with Crippen LogP contribution in [0.3, 0.4) is 0 Å². The van der Waals surface area contributed by atoms with E-state index in [4.69, 9.17) is 4.74 Å². The van der Waals surface area contributed by atoms with E-state index in [1.165, 1.54) is 7.11 Å². The minimum absolute atomic E-state index is 0.177. The van der Waals surface area contributed by atoms with E-state index >= 15 is 0 Å². The summed E-state index contributed by atoms with van der Waals surface area (Å²) < 4.78 is 4.85. The summed E-state index contributed by atoms with van der Waals surface area (Å²) in [6.45, 7) is 8.33. The molecule has 128 valence electrons. The Balaban J connectivity index is 3.11. The van der Waals surface area contributed by atoms with Gasteiger partial charge in [-0.1, -0.05) is 32.1 Å². The summed E-state index contributed by atoms with van der Waals surface area (Å²) >= 11 is 0. The number of rotatable bonds is 9. The number of allylic oxidation sites excluding steroid dienone is 2. The molecule has 0 aliphatic heterocycles. The highest BCUT2D eigenvalue weighted by atomic mass is 16.5. The number of esters is 1. The summed E-state index contributed by atoms with van der Waals surface area (Å²) in [5.74, 6) is -0.305. The van der Waals surface area contributed by atoms with Crippen LogP contribution in [0.2, 0.25) is 0 Å². The van der Waals surface area contributed by atoms with Crippen LogP contribution in [0.1, 0.15) is 58.8 Å². The molecule has 0 aromatic carbocycles. The second-order valence-corrected chi connectivity index (χ2v) is 7.19. The van der Waals surface area contributed by atoms with Gasteiger partial charge in [-0.2, -0.15) is 0 Å². The first-order valence-electron chi connectivity index (χ1n) is 8.16. The van der Waals surface area contributed by atoms with Crippen LogP contribution in [-0.4, -0.2) is 25.7 Å². The van der Waals surface area contributed by atoms with Crippen molar-refractivity contribution in [1.82, 2.24) is 0 Å². The molecule has 1 aliphatic carbocycles. The summed E-state index contributed by atoms with van der Waals surface area (Å²) in [7, 11) is 1.38. The van der Waals surface area contributed by atoms with Crippen LogP contribution in [0, 0.1) is 10.8 Å². The smallest absolute Gasteiger partial charge is 0.333 e. The van der Waals surface area contributed by atoms with Crippen molar-refractivity contribution in [1.29, 1.82) is 0 Å². The number of carbonyl (C=O) groups excluding carboxylic acids is 3. The third-order valence-corrected chi connectivity index (χ3v) is 4.71. The van der Waals surface area contributed by atoms with Crippen molar-refractivity contribution >= 4 is 18.5 Å².